The number of benzene rings is 3. The van der Waals surface area contributed by atoms with Gasteiger partial charge in [0.2, 0.25) is 0 Å². The zero-order valence-electron chi connectivity index (χ0n) is 15.6. The molecule has 3 rings (SSSR count). The summed E-state index contributed by atoms with van der Waals surface area (Å²) in [6.07, 6.45) is 1.53. The lowest BCUT2D eigenvalue weighted by Gasteiger charge is -2.13. The van der Waals surface area contributed by atoms with Crippen LogP contribution in [0, 0.1) is 3.57 Å². The van der Waals surface area contributed by atoms with Crippen molar-refractivity contribution >= 4 is 46.3 Å². The van der Waals surface area contributed by atoms with Gasteiger partial charge in [-0.2, -0.15) is 5.10 Å². The number of methoxy groups -OCH3 is 1. The van der Waals surface area contributed by atoms with Crippen molar-refractivity contribution in [3.63, 3.8) is 0 Å². The molecule has 148 valence electrons. The van der Waals surface area contributed by atoms with Gasteiger partial charge < -0.3 is 9.47 Å². The summed E-state index contributed by atoms with van der Waals surface area (Å²) in [5, 5.41) is 4.71. The van der Waals surface area contributed by atoms with Crippen LogP contribution in [0.15, 0.2) is 71.8 Å². The predicted octanol–water partition coefficient (Wildman–Crippen LogP) is 5.30. The topological polar surface area (TPSA) is 59.9 Å². The Balaban J connectivity index is 1.74. The van der Waals surface area contributed by atoms with E-state index in [2.05, 4.69) is 33.1 Å². The number of rotatable bonds is 7. The number of carbonyl (C=O) groups is 1. The van der Waals surface area contributed by atoms with Gasteiger partial charge in [-0.15, -0.1) is 0 Å². The first-order chi connectivity index (χ1) is 14.1. The smallest absolute Gasteiger partial charge is 0.271 e. The Bertz CT molecular complexity index is 1040. The van der Waals surface area contributed by atoms with Gasteiger partial charge in [0, 0.05) is 19.7 Å². The number of para-hydroxylation sites is 1. The molecule has 0 spiro atoms. The van der Waals surface area contributed by atoms with Gasteiger partial charge in [0.1, 0.15) is 6.61 Å². The average Bonchev–Trinajstić information content (AvgIpc) is 2.72. The summed E-state index contributed by atoms with van der Waals surface area (Å²) in [7, 11) is 1.57. The highest BCUT2D eigenvalue weighted by atomic mass is 127. The van der Waals surface area contributed by atoms with Gasteiger partial charge in [-0.25, -0.2) is 5.43 Å². The van der Waals surface area contributed by atoms with Crippen LogP contribution in [-0.4, -0.2) is 19.2 Å². The number of nitrogens with one attached hydrogen (secondary N) is 1. The summed E-state index contributed by atoms with van der Waals surface area (Å²) in [4.78, 5) is 12.2. The molecule has 7 heteroatoms. The highest BCUT2D eigenvalue weighted by Gasteiger charge is 2.10. The highest BCUT2D eigenvalue weighted by molar-refractivity contribution is 14.1. The SMILES string of the molecule is COc1cccc(/C=N\NC(=O)c2cccc(I)c2)c1OCc1cccc(Cl)c1. The van der Waals surface area contributed by atoms with Gasteiger partial charge in [-0.3, -0.25) is 4.79 Å². The van der Waals surface area contributed by atoms with Gasteiger partial charge in [0.25, 0.3) is 5.91 Å². The molecule has 5 nitrogen and oxygen atoms in total. The van der Waals surface area contributed by atoms with Crippen LogP contribution in [0.5, 0.6) is 11.5 Å². The number of halogens is 2. The maximum absolute atomic E-state index is 12.2. The van der Waals surface area contributed by atoms with E-state index >= 15 is 0 Å². The van der Waals surface area contributed by atoms with Crippen LogP contribution >= 0.6 is 34.2 Å². The van der Waals surface area contributed by atoms with E-state index in [0.717, 1.165) is 9.13 Å². The maximum atomic E-state index is 12.2. The Hall–Kier alpha value is -2.58. The van der Waals surface area contributed by atoms with Crippen LogP contribution in [-0.2, 0) is 6.61 Å². The van der Waals surface area contributed by atoms with Crippen LogP contribution in [0.1, 0.15) is 21.5 Å². The second kappa shape index (κ2) is 10.3. The highest BCUT2D eigenvalue weighted by Crippen LogP contribution is 2.31. The third-order valence-corrected chi connectivity index (χ3v) is 4.86. The van der Waals surface area contributed by atoms with Crippen LogP contribution in [0.25, 0.3) is 0 Å². The van der Waals surface area contributed by atoms with Crippen molar-refractivity contribution in [2.24, 2.45) is 5.10 Å². The van der Waals surface area contributed by atoms with Crippen molar-refractivity contribution in [1.29, 1.82) is 0 Å². The lowest BCUT2D eigenvalue weighted by Crippen LogP contribution is -2.17. The molecule has 0 unspecified atom stereocenters. The Morgan fingerprint density at radius 2 is 1.93 bits per heavy atom. The van der Waals surface area contributed by atoms with E-state index in [9.17, 15) is 4.79 Å². The maximum Gasteiger partial charge on any atom is 0.271 e. The van der Waals surface area contributed by atoms with E-state index in [0.29, 0.717) is 34.3 Å². The van der Waals surface area contributed by atoms with E-state index in [1.807, 2.05) is 48.5 Å². The van der Waals surface area contributed by atoms with Gasteiger partial charge >= 0.3 is 0 Å². The number of hydrogen-bond acceptors (Lipinski definition) is 4. The fraction of sp³-hybridized carbons (Fsp3) is 0.0909. The molecule has 0 saturated carbocycles. The summed E-state index contributed by atoms with van der Waals surface area (Å²) in [6.45, 7) is 0.316. The minimum atomic E-state index is -0.288. The molecule has 3 aromatic carbocycles. The van der Waals surface area contributed by atoms with Crippen molar-refractivity contribution in [2.45, 2.75) is 6.61 Å². The fourth-order valence-corrected chi connectivity index (χ4v) is 3.34. The van der Waals surface area contributed by atoms with Crippen LogP contribution in [0.3, 0.4) is 0 Å². The molecular formula is C22H18ClIN2O3. The van der Waals surface area contributed by atoms with Crippen LogP contribution in [0.4, 0.5) is 0 Å². The second-order valence-corrected chi connectivity index (χ2v) is 7.69. The molecule has 0 fully saturated rings. The van der Waals surface area contributed by atoms with Gasteiger partial charge in [0.15, 0.2) is 11.5 Å². The molecule has 0 radical (unpaired) electrons. The second-order valence-electron chi connectivity index (χ2n) is 6.01. The predicted molar refractivity (Wildman–Crippen MR) is 123 cm³/mol. The molecule has 29 heavy (non-hydrogen) atoms. The normalized spacial score (nSPS) is 10.7. The number of ether oxygens (including phenoxy) is 2. The Labute approximate surface area is 187 Å². The molecule has 0 atom stereocenters. The molecule has 0 bridgehead atoms. The summed E-state index contributed by atoms with van der Waals surface area (Å²) in [5.74, 6) is 0.811. The van der Waals surface area contributed by atoms with E-state index in [1.54, 1.807) is 25.3 Å². The first kappa shape index (κ1) is 21.1. The lowest BCUT2D eigenvalue weighted by atomic mass is 10.2. The van der Waals surface area contributed by atoms with E-state index in [4.69, 9.17) is 21.1 Å². The van der Waals surface area contributed by atoms with Crippen LogP contribution < -0.4 is 14.9 Å². The third kappa shape index (κ3) is 5.95. The molecule has 0 aliphatic rings. The summed E-state index contributed by atoms with van der Waals surface area (Å²) >= 11 is 8.19. The Kier molecular flexibility index (Phi) is 7.48. The van der Waals surface area contributed by atoms with Crippen molar-refractivity contribution in [2.75, 3.05) is 7.11 Å². The Morgan fingerprint density at radius 1 is 1.14 bits per heavy atom. The van der Waals surface area contributed by atoms with Crippen molar-refractivity contribution in [3.05, 3.63) is 92.0 Å². The van der Waals surface area contributed by atoms with Gasteiger partial charge in [-0.05, 0) is 70.6 Å². The molecule has 0 aliphatic heterocycles. The number of nitrogens with zero attached hydrogens (tertiary/aromatic N) is 1. The van der Waals surface area contributed by atoms with Gasteiger partial charge in [-0.1, -0.05) is 35.9 Å². The minimum Gasteiger partial charge on any atom is -0.493 e. The summed E-state index contributed by atoms with van der Waals surface area (Å²) in [5.41, 5.74) is 4.68. The fourth-order valence-electron chi connectivity index (χ4n) is 2.59. The Morgan fingerprint density at radius 3 is 2.69 bits per heavy atom. The zero-order valence-corrected chi connectivity index (χ0v) is 18.5. The molecular weight excluding hydrogens is 503 g/mol. The molecule has 0 heterocycles. The quantitative estimate of drug-likeness (QED) is 0.261. The summed E-state index contributed by atoms with van der Waals surface area (Å²) in [6, 6.07) is 20.2. The average molecular weight is 521 g/mol. The van der Waals surface area contributed by atoms with Crippen molar-refractivity contribution < 1.29 is 14.3 Å². The minimum absolute atomic E-state index is 0.288. The molecule has 3 aromatic rings. The zero-order chi connectivity index (χ0) is 20.6. The standard InChI is InChI=1S/C22H18ClIN2O3/c1-28-20-10-4-7-17(21(20)29-14-15-5-2-8-18(23)11-15)13-25-26-22(27)16-6-3-9-19(24)12-16/h2-13H,14H2,1H3,(H,26,27)/b25-13-. The monoisotopic (exact) mass is 520 g/mol. The number of hydrazone groups is 1. The van der Waals surface area contributed by atoms with E-state index in [1.165, 1.54) is 6.21 Å². The molecule has 1 amide bonds. The number of hydrogen-bond donors (Lipinski definition) is 1. The lowest BCUT2D eigenvalue weighted by molar-refractivity contribution is 0.0955. The van der Waals surface area contributed by atoms with Crippen molar-refractivity contribution in [3.8, 4) is 11.5 Å². The third-order valence-electron chi connectivity index (χ3n) is 3.96. The molecule has 0 aliphatic carbocycles. The first-order valence-corrected chi connectivity index (χ1v) is 10.2. The number of amides is 1. The molecule has 0 saturated heterocycles. The number of carbonyl (C=O) groups excluding carboxylic acids is 1. The molecule has 0 aromatic heterocycles. The summed E-state index contributed by atoms with van der Waals surface area (Å²) < 4.78 is 12.4. The van der Waals surface area contributed by atoms with E-state index < -0.39 is 0 Å². The van der Waals surface area contributed by atoms with E-state index in [-0.39, 0.29) is 5.91 Å². The van der Waals surface area contributed by atoms with Crippen LogP contribution in [0.2, 0.25) is 5.02 Å². The largest absolute Gasteiger partial charge is 0.493 e. The molecule has 1 N–H and O–H groups in total. The first-order valence-electron chi connectivity index (χ1n) is 8.70. The van der Waals surface area contributed by atoms with Crippen molar-refractivity contribution in [1.82, 2.24) is 5.43 Å². The van der Waals surface area contributed by atoms with Gasteiger partial charge in [0.05, 0.1) is 13.3 Å².